The molecule has 1 saturated heterocycles. The van der Waals surface area contributed by atoms with E-state index in [-0.39, 0.29) is 40.6 Å². The van der Waals surface area contributed by atoms with Crippen LogP contribution in [0.1, 0.15) is 34.7 Å². The topological polar surface area (TPSA) is 188 Å². The van der Waals surface area contributed by atoms with Crippen LogP contribution in [-0.4, -0.2) is 78.5 Å². The quantitative estimate of drug-likeness (QED) is 0.263. The van der Waals surface area contributed by atoms with E-state index in [4.69, 9.17) is 4.74 Å². The van der Waals surface area contributed by atoms with E-state index in [1.165, 1.54) is 47.8 Å². The van der Waals surface area contributed by atoms with E-state index in [2.05, 4.69) is 20.6 Å². The van der Waals surface area contributed by atoms with Gasteiger partial charge < -0.3 is 25.6 Å². The second-order valence-corrected chi connectivity index (χ2v) is 9.92. The highest BCUT2D eigenvalue weighted by Gasteiger charge is 2.54. The lowest BCUT2D eigenvalue weighted by molar-refractivity contribution is -0.151. The Bertz CT molecular complexity index is 1310. The number of aromatic hydroxyl groups is 1. The van der Waals surface area contributed by atoms with Crippen LogP contribution in [0, 0.1) is 6.92 Å². The number of fused-ring (bicyclic) bond motifs is 1. The Labute approximate surface area is 217 Å². The number of esters is 1. The first-order valence-corrected chi connectivity index (χ1v) is 12.8. The van der Waals surface area contributed by atoms with Crippen molar-refractivity contribution < 1.29 is 38.9 Å². The van der Waals surface area contributed by atoms with Gasteiger partial charge in [0.05, 0.1) is 16.8 Å². The summed E-state index contributed by atoms with van der Waals surface area (Å²) in [4.78, 5) is 71.1. The smallest absolute Gasteiger partial charge is 0.352 e. The minimum Gasteiger partial charge on any atom is -0.507 e. The Morgan fingerprint density at radius 1 is 1.30 bits per heavy atom. The van der Waals surface area contributed by atoms with E-state index in [0.29, 0.717) is 5.69 Å². The second-order valence-electron chi connectivity index (χ2n) is 8.10. The van der Waals surface area contributed by atoms with Gasteiger partial charge in [0.1, 0.15) is 29.5 Å². The molecule has 2 aromatic heterocycles. The monoisotopic (exact) mass is 547 g/mol. The van der Waals surface area contributed by atoms with Crippen LogP contribution in [0.25, 0.3) is 0 Å². The van der Waals surface area contributed by atoms with Crippen molar-refractivity contribution in [2.75, 3.05) is 12.4 Å². The molecule has 3 amide bonds. The molecule has 0 aromatic carbocycles. The van der Waals surface area contributed by atoms with Crippen molar-refractivity contribution in [2.24, 2.45) is 0 Å². The number of aliphatic carboxylic acids is 1. The number of thioether (sulfide) groups is 1. The highest BCUT2D eigenvalue weighted by molar-refractivity contribution is 8.00. The molecule has 15 heteroatoms. The van der Waals surface area contributed by atoms with E-state index < -0.39 is 47.1 Å². The first kappa shape index (κ1) is 26.1. The fraction of sp³-hybridized carbons (Fsp3) is 0.318. The van der Waals surface area contributed by atoms with Crippen molar-refractivity contribution in [3.05, 3.63) is 51.4 Å². The molecule has 194 valence electrons. The number of pyridine rings is 1. The number of ether oxygens (including phenoxy) is 1. The van der Waals surface area contributed by atoms with Gasteiger partial charge in [-0.15, -0.1) is 23.1 Å². The molecule has 0 radical (unpaired) electrons. The lowest BCUT2D eigenvalue weighted by Gasteiger charge is -2.49. The van der Waals surface area contributed by atoms with Crippen LogP contribution in [0.15, 0.2) is 34.4 Å². The van der Waals surface area contributed by atoms with Gasteiger partial charge in [-0.25, -0.2) is 9.78 Å². The molecule has 0 aliphatic carbocycles. The first-order chi connectivity index (χ1) is 17.6. The Kier molecular flexibility index (Phi) is 7.45. The maximum Gasteiger partial charge on any atom is 0.352 e. The average molecular weight is 548 g/mol. The maximum absolute atomic E-state index is 13.2. The molecule has 13 nitrogen and oxygen atoms in total. The number of aryl methyl sites for hydroxylation is 1. The summed E-state index contributed by atoms with van der Waals surface area (Å²) in [5.74, 6) is -4.28. The summed E-state index contributed by atoms with van der Waals surface area (Å²) in [5.41, 5.74) is 2.00. The van der Waals surface area contributed by atoms with E-state index in [0.717, 1.165) is 4.90 Å². The zero-order valence-electron chi connectivity index (χ0n) is 19.5. The Hall–Kier alpha value is -3.98. The minimum absolute atomic E-state index is 0.149. The third-order valence-electron chi connectivity index (χ3n) is 5.55. The molecule has 1 unspecified atom stereocenters. The number of hydrogen-bond donors (Lipinski definition) is 4. The Morgan fingerprint density at radius 3 is 2.68 bits per heavy atom. The van der Waals surface area contributed by atoms with Crippen molar-refractivity contribution in [1.82, 2.24) is 25.5 Å². The molecule has 2 aliphatic rings. The number of aromatic nitrogens is 2. The molecule has 4 N–H and O–H groups in total. The standard InChI is InChI=1S/C22H21N5O8S2/c1-9-3-14(29)12(4-23-9)18(30)25-15(13-7-36-8-24-13)19(31)26-16-20(32)27-17(22(33)34)11(5-35-10(2)28)6-37-21(16)27/h3-4,7-8,15-16,21H,5-6H2,1-2H3,(H,23,29)(H,25,30)(H,26,31)(H,33,34)/t15?,16-,21-/m1/s1. The predicted molar refractivity (Wildman–Crippen MR) is 129 cm³/mol. The van der Waals surface area contributed by atoms with Gasteiger partial charge in [0.2, 0.25) is 5.91 Å². The number of hydrogen-bond acceptors (Lipinski definition) is 11. The minimum atomic E-state index is -1.36. The number of amides is 3. The van der Waals surface area contributed by atoms with Crippen molar-refractivity contribution in [1.29, 1.82) is 0 Å². The van der Waals surface area contributed by atoms with Crippen LogP contribution in [0.5, 0.6) is 5.75 Å². The van der Waals surface area contributed by atoms with Crippen LogP contribution in [0.4, 0.5) is 0 Å². The average Bonchev–Trinajstić information content (AvgIpc) is 3.38. The summed E-state index contributed by atoms with van der Waals surface area (Å²) in [6, 6.07) is -1.06. The molecule has 0 saturated carbocycles. The fourth-order valence-electron chi connectivity index (χ4n) is 3.79. The molecule has 2 aromatic rings. The molecule has 3 atom stereocenters. The van der Waals surface area contributed by atoms with Crippen LogP contribution < -0.4 is 10.6 Å². The SMILES string of the molecule is CC(=O)OCC1=C(C(=O)O)N2C(=O)[C@@H](NC(=O)C(NC(=O)c3cnc(C)cc3O)c3cscn3)[C@H]2SC1. The van der Waals surface area contributed by atoms with Gasteiger partial charge in [-0.05, 0) is 6.92 Å². The van der Waals surface area contributed by atoms with Gasteiger partial charge in [0, 0.05) is 41.6 Å². The van der Waals surface area contributed by atoms with E-state index in [1.54, 1.807) is 12.3 Å². The van der Waals surface area contributed by atoms with Gasteiger partial charge in [0.15, 0.2) is 6.04 Å². The number of carbonyl (C=O) groups is 5. The van der Waals surface area contributed by atoms with Crippen molar-refractivity contribution in [3.8, 4) is 5.75 Å². The third-order valence-corrected chi connectivity index (χ3v) is 7.49. The zero-order valence-corrected chi connectivity index (χ0v) is 21.1. The summed E-state index contributed by atoms with van der Waals surface area (Å²) in [6.45, 7) is 2.56. The number of nitrogens with one attached hydrogen (secondary N) is 2. The predicted octanol–water partition coefficient (Wildman–Crippen LogP) is 0.325. The van der Waals surface area contributed by atoms with E-state index in [1.807, 2.05) is 0 Å². The molecule has 4 heterocycles. The number of nitrogens with zero attached hydrogens (tertiary/aromatic N) is 3. The van der Waals surface area contributed by atoms with Gasteiger partial charge in [-0.1, -0.05) is 0 Å². The zero-order chi connectivity index (χ0) is 26.9. The van der Waals surface area contributed by atoms with Crippen molar-refractivity contribution in [3.63, 3.8) is 0 Å². The molecule has 0 spiro atoms. The molecule has 4 rings (SSSR count). The van der Waals surface area contributed by atoms with Crippen molar-refractivity contribution >= 4 is 52.8 Å². The van der Waals surface area contributed by atoms with Gasteiger partial charge in [-0.3, -0.25) is 29.1 Å². The van der Waals surface area contributed by atoms with Crippen LogP contribution in [0.2, 0.25) is 0 Å². The fourth-order valence-corrected chi connectivity index (χ4v) is 5.69. The van der Waals surface area contributed by atoms with Gasteiger partial charge >= 0.3 is 11.9 Å². The first-order valence-electron chi connectivity index (χ1n) is 10.8. The Balaban J connectivity index is 1.51. The van der Waals surface area contributed by atoms with Crippen LogP contribution in [0.3, 0.4) is 0 Å². The molecule has 1 fully saturated rings. The second kappa shape index (κ2) is 10.6. The summed E-state index contributed by atoms with van der Waals surface area (Å²) >= 11 is 2.40. The molecular formula is C22H21N5O8S2. The summed E-state index contributed by atoms with van der Waals surface area (Å²) in [7, 11) is 0. The summed E-state index contributed by atoms with van der Waals surface area (Å²) < 4.78 is 4.91. The molecule has 2 aliphatic heterocycles. The van der Waals surface area contributed by atoms with Crippen LogP contribution >= 0.6 is 23.1 Å². The Morgan fingerprint density at radius 2 is 2.05 bits per heavy atom. The highest BCUT2D eigenvalue weighted by atomic mass is 32.2. The molecule has 37 heavy (non-hydrogen) atoms. The molecule has 0 bridgehead atoms. The summed E-state index contributed by atoms with van der Waals surface area (Å²) in [5, 5.41) is 25.7. The third kappa shape index (κ3) is 5.27. The molecular weight excluding hydrogens is 526 g/mol. The van der Waals surface area contributed by atoms with Crippen LogP contribution in [-0.2, 0) is 23.9 Å². The highest BCUT2D eigenvalue weighted by Crippen LogP contribution is 2.40. The number of carboxylic acid groups (broad SMARTS) is 1. The van der Waals surface area contributed by atoms with Crippen molar-refractivity contribution in [2.45, 2.75) is 31.3 Å². The number of carboxylic acids is 1. The number of carbonyl (C=O) groups excluding carboxylic acids is 4. The maximum atomic E-state index is 13.2. The number of thiazole rings is 1. The van der Waals surface area contributed by atoms with Gasteiger partial charge in [-0.2, -0.15) is 0 Å². The largest absolute Gasteiger partial charge is 0.507 e. The normalized spacial score (nSPS) is 19.4. The number of rotatable bonds is 8. The van der Waals surface area contributed by atoms with E-state index >= 15 is 0 Å². The lowest BCUT2D eigenvalue weighted by atomic mass is 10.0. The summed E-state index contributed by atoms with van der Waals surface area (Å²) in [6.07, 6.45) is 1.18. The number of β-lactam (4-membered cyclic amide) rings is 1. The van der Waals surface area contributed by atoms with Gasteiger partial charge in [0.25, 0.3) is 11.8 Å². The van der Waals surface area contributed by atoms with E-state index in [9.17, 15) is 34.2 Å². The lowest BCUT2D eigenvalue weighted by Crippen LogP contribution is -2.71.